The van der Waals surface area contributed by atoms with Gasteiger partial charge in [-0.1, -0.05) is 32.6 Å². The number of carbonyl (C=O) groups is 1. The first-order valence-electron chi connectivity index (χ1n) is 7.07. The lowest BCUT2D eigenvalue weighted by molar-refractivity contribution is -0.133. The van der Waals surface area contributed by atoms with E-state index in [1.54, 1.807) is 0 Å². The molecular weight excluding hydrogens is 212 g/mol. The third-order valence-electron chi connectivity index (χ3n) is 4.15. The van der Waals surface area contributed by atoms with Crippen LogP contribution < -0.4 is 5.73 Å². The summed E-state index contributed by atoms with van der Waals surface area (Å²) in [5, 5.41) is 0. The van der Waals surface area contributed by atoms with Crippen molar-refractivity contribution in [3.8, 4) is 0 Å². The van der Waals surface area contributed by atoms with Gasteiger partial charge in [-0.2, -0.15) is 0 Å². The van der Waals surface area contributed by atoms with Crippen molar-refractivity contribution < 1.29 is 4.79 Å². The molecule has 0 heterocycles. The molecule has 3 nitrogen and oxygen atoms in total. The highest BCUT2D eigenvalue weighted by Gasteiger charge is 2.33. The molecule has 0 aromatic heterocycles. The summed E-state index contributed by atoms with van der Waals surface area (Å²) in [6, 6.07) is 0. The Bertz CT molecular complexity index is 234. The van der Waals surface area contributed by atoms with Crippen LogP contribution in [0.1, 0.15) is 58.3 Å². The molecule has 3 heteroatoms. The Kier molecular flexibility index (Phi) is 5.96. The normalized spacial score (nSPS) is 19.0. The molecule has 100 valence electrons. The Morgan fingerprint density at radius 1 is 1.29 bits per heavy atom. The van der Waals surface area contributed by atoms with Crippen LogP contribution >= 0.6 is 0 Å². The fourth-order valence-electron chi connectivity index (χ4n) is 2.73. The van der Waals surface area contributed by atoms with Gasteiger partial charge in [0, 0.05) is 20.0 Å². The van der Waals surface area contributed by atoms with Crippen molar-refractivity contribution in [3.05, 3.63) is 0 Å². The molecular formula is C14H28N2O. The van der Waals surface area contributed by atoms with E-state index in [1.165, 1.54) is 19.3 Å². The van der Waals surface area contributed by atoms with Crippen molar-refractivity contribution in [1.82, 2.24) is 4.90 Å². The fraction of sp³-hybridized carbons (Fsp3) is 0.929. The van der Waals surface area contributed by atoms with Gasteiger partial charge in [0.05, 0.1) is 0 Å². The van der Waals surface area contributed by atoms with E-state index in [9.17, 15) is 4.79 Å². The molecule has 2 N–H and O–H groups in total. The van der Waals surface area contributed by atoms with Gasteiger partial charge in [0.1, 0.15) is 0 Å². The number of nitrogens with zero attached hydrogens (tertiary/aromatic N) is 1. The van der Waals surface area contributed by atoms with Crippen molar-refractivity contribution in [1.29, 1.82) is 0 Å². The Morgan fingerprint density at radius 2 is 1.94 bits per heavy atom. The van der Waals surface area contributed by atoms with Crippen molar-refractivity contribution >= 4 is 5.91 Å². The summed E-state index contributed by atoms with van der Waals surface area (Å²) in [4.78, 5) is 14.0. The molecule has 0 unspecified atom stereocenters. The minimum atomic E-state index is 0.107. The minimum absolute atomic E-state index is 0.107. The molecule has 1 amide bonds. The highest BCUT2D eigenvalue weighted by molar-refractivity contribution is 5.76. The molecule has 17 heavy (non-hydrogen) atoms. The lowest BCUT2D eigenvalue weighted by Gasteiger charge is -2.36. The number of hydrogen-bond donors (Lipinski definition) is 1. The SMILES string of the molecule is CCCCN(C)C(=O)CC1(CN)CCCCC1. The molecule has 0 aromatic rings. The van der Waals surface area contributed by atoms with E-state index >= 15 is 0 Å². The summed E-state index contributed by atoms with van der Waals surface area (Å²) in [6.07, 6.45) is 8.95. The van der Waals surface area contributed by atoms with Crippen LogP contribution in [-0.4, -0.2) is 30.9 Å². The first-order valence-corrected chi connectivity index (χ1v) is 7.07. The van der Waals surface area contributed by atoms with Gasteiger partial charge < -0.3 is 10.6 Å². The monoisotopic (exact) mass is 240 g/mol. The minimum Gasteiger partial charge on any atom is -0.346 e. The van der Waals surface area contributed by atoms with Crippen LogP contribution in [0.3, 0.4) is 0 Å². The van der Waals surface area contributed by atoms with E-state index in [0.717, 1.165) is 32.2 Å². The Labute approximate surface area is 106 Å². The number of nitrogens with two attached hydrogens (primary N) is 1. The van der Waals surface area contributed by atoms with Crippen LogP contribution in [0, 0.1) is 5.41 Å². The maximum absolute atomic E-state index is 12.2. The highest BCUT2D eigenvalue weighted by Crippen LogP contribution is 2.38. The number of amides is 1. The third-order valence-corrected chi connectivity index (χ3v) is 4.15. The van der Waals surface area contributed by atoms with Gasteiger partial charge in [0.25, 0.3) is 0 Å². The Balaban J connectivity index is 2.46. The molecule has 0 spiro atoms. The lowest BCUT2D eigenvalue weighted by atomic mass is 9.71. The summed E-state index contributed by atoms with van der Waals surface area (Å²) in [5.41, 5.74) is 6.02. The predicted octanol–water partition coefficient (Wildman–Crippen LogP) is 2.54. The zero-order chi connectivity index (χ0) is 12.7. The second-order valence-corrected chi connectivity index (χ2v) is 5.61. The molecule has 1 fully saturated rings. The quantitative estimate of drug-likeness (QED) is 0.775. The smallest absolute Gasteiger partial charge is 0.222 e. The maximum atomic E-state index is 12.2. The molecule has 1 aliphatic carbocycles. The molecule has 0 aliphatic heterocycles. The summed E-state index contributed by atoms with van der Waals surface area (Å²) in [7, 11) is 1.92. The van der Waals surface area contributed by atoms with Gasteiger partial charge in [-0.15, -0.1) is 0 Å². The largest absolute Gasteiger partial charge is 0.346 e. The predicted molar refractivity (Wildman–Crippen MR) is 71.7 cm³/mol. The second-order valence-electron chi connectivity index (χ2n) is 5.61. The standard InChI is InChI=1S/C14H28N2O/c1-3-4-10-16(2)13(17)11-14(12-15)8-6-5-7-9-14/h3-12,15H2,1-2H3. The topological polar surface area (TPSA) is 46.3 Å². The molecule has 0 bridgehead atoms. The van der Waals surface area contributed by atoms with Crippen LogP contribution in [0.25, 0.3) is 0 Å². The number of carbonyl (C=O) groups excluding carboxylic acids is 1. The lowest BCUT2D eigenvalue weighted by Crippen LogP contribution is -2.39. The van der Waals surface area contributed by atoms with Crippen molar-refractivity contribution in [2.45, 2.75) is 58.3 Å². The van der Waals surface area contributed by atoms with E-state index in [4.69, 9.17) is 5.73 Å². The Morgan fingerprint density at radius 3 is 2.47 bits per heavy atom. The summed E-state index contributed by atoms with van der Waals surface area (Å²) >= 11 is 0. The second kappa shape index (κ2) is 7.00. The molecule has 0 aromatic carbocycles. The molecule has 1 aliphatic rings. The zero-order valence-corrected chi connectivity index (χ0v) is 11.5. The first kappa shape index (κ1) is 14.5. The van der Waals surface area contributed by atoms with Crippen LogP contribution in [0.2, 0.25) is 0 Å². The van der Waals surface area contributed by atoms with E-state index < -0.39 is 0 Å². The van der Waals surface area contributed by atoms with Crippen LogP contribution in [0.5, 0.6) is 0 Å². The third kappa shape index (κ3) is 4.30. The van der Waals surface area contributed by atoms with Gasteiger partial charge in [-0.05, 0) is 31.2 Å². The van der Waals surface area contributed by atoms with Gasteiger partial charge in [-0.25, -0.2) is 0 Å². The van der Waals surface area contributed by atoms with Gasteiger partial charge in [0.2, 0.25) is 5.91 Å². The average molecular weight is 240 g/mol. The molecule has 0 atom stereocenters. The summed E-state index contributed by atoms with van der Waals surface area (Å²) in [5.74, 6) is 0.283. The van der Waals surface area contributed by atoms with Crippen molar-refractivity contribution in [3.63, 3.8) is 0 Å². The number of hydrogen-bond acceptors (Lipinski definition) is 2. The van der Waals surface area contributed by atoms with Gasteiger partial charge in [-0.3, -0.25) is 4.79 Å². The fourth-order valence-corrected chi connectivity index (χ4v) is 2.73. The van der Waals surface area contributed by atoms with Crippen molar-refractivity contribution in [2.24, 2.45) is 11.1 Å². The first-order chi connectivity index (χ1) is 8.13. The van der Waals surface area contributed by atoms with Crippen LogP contribution in [-0.2, 0) is 4.79 Å². The van der Waals surface area contributed by atoms with Crippen molar-refractivity contribution in [2.75, 3.05) is 20.1 Å². The molecule has 1 rings (SSSR count). The molecule has 0 saturated heterocycles. The molecule has 0 radical (unpaired) electrons. The van der Waals surface area contributed by atoms with Gasteiger partial charge in [0.15, 0.2) is 0 Å². The maximum Gasteiger partial charge on any atom is 0.222 e. The van der Waals surface area contributed by atoms with E-state index in [-0.39, 0.29) is 11.3 Å². The van der Waals surface area contributed by atoms with Crippen LogP contribution in [0.4, 0.5) is 0 Å². The summed E-state index contributed by atoms with van der Waals surface area (Å²) < 4.78 is 0. The zero-order valence-electron chi connectivity index (χ0n) is 11.5. The number of rotatable bonds is 6. The summed E-state index contributed by atoms with van der Waals surface area (Å²) in [6.45, 7) is 3.71. The van der Waals surface area contributed by atoms with Gasteiger partial charge >= 0.3 is 0 Å². The average Bonchev–Trinajstić information content (AvgIpc) is 2.36. The van der Waals surface area contributed by atoms with E-state index in [1.807, 2.05) is 11.9 Å². The number of unbranched alkanes of at least 4 members (excludes halogenated alkanes) is 1. The Hall–Kier alpha value is -0.570. The van der Waals surface area contributed by atoms with E-state index in [2.05, 4.69) is 6.92 Å². The van der Waals surface area contributed by atoms with E-state index in [0.29, 0.717) is 13.0 Å². The van der Waals surface area contributed by atoms with Crippen LogP contribution in [0.15, 0.2) is 0 Å². The molecule has 1 saturated carbocycles. The highest BCUT2D eigenvalue weighted by atomic mass is 16.2.